The van der Waals surface area contributed by atoms with Gasteiger partial charge in [-0.2, -0.15) is 0 Å². The molecule has 0 aromatic heterocycles. The summed E-state index contributed by atoms with van der Waals surface area (Å²) in [7, 11) is 0. The van der Waals surface area contributed by atoms with Gasteiger partial charge in [-0.25, -0.2) is 0 Å². The van der Waals surface area contributed by atoms with Crippen LogP contribution in [0.4, 0.5) is 0 Å². The smallest absolute Gasteiger partial charge is 0.308 e. The molecule has 0 aliphatic heterocycles. The Morgan fingerprint density at radius 3 is 2.50 bits per heavy atom. The third kappa shape index (κ3) is 1.91. The standard InChI is InChI=1S/C10H17NO3/c12-7-3-6(4-7)5-11-9-2-1-8(9)10(13)14/h6-9,11-12H,1-5H2,(H,13,14). The Hall–Kier alpha value is -0.610. The van der Waals surface area contributed by atoms with Crippen molar-refractivity contribution >= 4 is 5.97 Å². The second-order valence-corrected chi connectivity index (χ2v) is 4.53. The van der Waals surface area contributed by atoms with Crippen LogP contribution in [0.5, 0.6) is 0 Å². The maximum absolute atomic E-state index is 10.7. The fraction of sp³-hybridized carbons (Fsp3) is 0.900. The summed E-state index contributed by atoms with van der Waals surface area (Å²) in [6.45, 7) is 0.867. The Labute approximate surface area is 83.3 Å². The lowest BCUT2D eigenvalue weighted by molar-refractivity contribution is -0.146. The van der Waals surface area contributed by atoms with E-state index in [1.54, 1.807) is 0 Å². The van der Waals surface area contributed by atoms with Gasteiger partial charge in [-0.15, -0.1) is 0 Å². The Morgan fingerprint density at radius 1 is 1.36 bits per heavy atom. The van der Waals surface area contributed by atoms with Crippen molar-refractivity contribution in [1.29, 1.82) is 0 Å². The third-order valence-corrected chi connectivity index (χ3v) is 3.47. The topological polar surface area (TPSA) is 69.6 Å². The zero-order valence-electron chi connectivity index (χ0n) is 8.15. The molecule has 2 aliphatic carbocycles. The molecule has 4 heteroatoms. The molecule has 4 nitrogen and oxygen atoms in total. The summed E-state index contributed by atoms with van der Waals surface area (Å²) in [6, 6.07) is 0.172. The van der Waals surface area contributed by atoms with Crippen LogP contribution in [-0.2, 0) is 4.79 Å². The van der Waals surface area contributed by atoms with Crippen molar-refractivity contribution in [1.82, 2.24) is 5.32 Å². The van der Waals surface area contributed by atoms with Crippen LogP contribution in [0.15, 0.2) is 0 Å². The summed E-state index contributed by atoms with van der Waals surface area (Å²) >= 11 is 0. The van der Waals surface area contributed by atoms with Gasteiger partial charge in [-0.05, 0) is 38.1 Å². The highest BCUT2D eigenvalue weighted by Crippen LogP contribution is 2.30. The van der Waals surface area contributed by atoms with Crippen LogP contribution in [0, 0.1) is 11.8 Å². The van der Waals surface area contributed by atoms with Gasteiger partial charge in [0.2, 0.25) is 0 Å². The number of carboxylic acids is 1. The molecule has 0 aromatic carbocycles. The number of aliphatic hydroxyl groups is 1. The first-order valence-electron chi connectivity index (χ1n) is 5.31. The van der Waals surface area contributed by atoms with Gasteiger partial charge in [0.1, 0.15) is 0 Å². The molecule has 0 amide bonds. The van der Waals surface area contributed by atoms with E-state index in [2.05, 4.69) is 5.32 Å². The van der Waals surface area contributed by atoms with E-state index < -0.39 is 5.97 Å². The minimum absolute atomic E-state index is 0.113. The van der Waals surface area contributed by atoms with Crippen molar-refractivity contribution in [2.75, 3.05) is 6.54 Å². The van der Waals surface area contributed by atoms with Gasteiger partial charge in [0.05, 0.1) is 12.0 Å². The number of hydrogen-bond acceptors (Lipinski definition) is 3. The summed E-state index contributed by atoms with van der Waals surface area (Å²) in [4.78, 5) is 10.7. The number of carboxylic acid groups (broad SMARTS) is 1. The number of nitrogens with one attached hydrogen (secondary N) is 1. The molecule has 2 aliphatic rings. The fourth-order valence-electron chi connectivity index (χ4n) is 2.23. The molecule has 0 heterocycles. The average Bonchev–Trinajstić information content (AvgIpc) is 1.97. The summed E-state index contributed by atoms with van der Waals surface area (Å²) in [5.41, 5.74) is 0. The molecular formula is C10H17NO3. The summed E-state index contributed by atoms with van der Waals surface area (Å²) in [6.07, 6.45) is 3.42. The van der Waals surface area contributed by atoms with E-state index in [0.717, 1.165) is 32.2 Å². The highest BCUT2D eigenvalue weighted by molar-refractivity contribution is 5.72. The maximum atomic E-state index is 10.7. The molecule has 0 spiro atoms. The lowest BCUT2D eigenvalue weighted by Gasteiger charge is -2.38. The molecule has 0 aromatic rings. The average molecular weight is 199 g/mol. The first-order valence-corrected chi connectivity index (χ1v) is 5.31. The molecule has 2 saturated carbocycles. The summed E-state index contributed by atoms with van der Waals surface area (Å²) < 4.78 is 0. The van der Waals surface area contributed by atoms with E-state index in [4.69, 9.17) is 10.2 Å². The predicted octanol–water partition coefficient (Wildman–Crippen LogP) is 0.210. The third-order valence-electron chi connectivity index (χ3n) is 3.47. The molecule has 2 atom stereocenters. The Morgan fingerprint density at radius 2 is 2.07 bits per heavy atom. The van der Waals surface area contributed by atoms with E-state index in [0.29, 0.717) is 5.92 Å². The van der Waals surface area contributed by atoms with Crippen molar-refractivity contribution < 1.29 is 15.0 Å². The van der Waals surface area contributed by atoms with Gasteiger partial charge < -0.3 is 15.5 Å². The number of aliphatic hydroxyl groups excluding tert-OH is 1. The molecule has 2 unspecified atom stereocenters. The summed E-state index contributed by atoms with van der Waals surface area (Å²) in [5, 5.41) is 21.2. The molecule has 2 rings (SSSR count). The quantitative estimate of drug-likeness (QED) is 0.605. The molecule has 0 bridgehead atoms. The zero-order chi connectivity index (χ0) is 10.1. The van der Waals surface area contributed by atoms with Crippen molar-refractivity contribution in [2.45, 2.75) is 37.8 Å². The van der Waals surface area contributed by atoms with E-state index in [9.17, 15) is 4.79 Å². The highest BCUT2D eigenvalue weighted by atomic mass is 16.4. The van der Waals surface area contributed by atoms with Gasteiger partial charge in [0, 0.05) is 6.04 Å². The lowest BCUT2D eigenvalue weighted by atomic mass is 9.78. The van der Waals surface area contributed by atoms with Crippen LogP contribution in [0.25, 0.3) is 0 Å². The van der Waals surface area contributed by atoms with Crippen LogP contribution in [-0.4, -0.2) is 34.9 Å². The number of aliphatic carboxylic acids is 1. The minimum atomic E-state index is -0.678. The summed E-state index contributed by atoms with van der Waals surface area (Å²) in [5.74, 6) is -0.303. The molecular weight excluding hydrogens is 182 g/mol. The molecule has 0 saturated heterocycles. The maximum Gasteiger partial charge on any atom is 0.308 e. The minimum Gasteiger partial charge on any atom is -0.481 e. The van der Waals surface area contributed by atoms with Gasteiger partial charge in [-0.3, -0.25) is 4.79 Å². The first kappa shape index (κ1) is 9.93. The second-order valence-electron chi connectivity index (χ2n) is 4.53. The van der Waals surface area contributed by atoms with Crippen molar-refractivity contribution in [2.24, 2.45) is 11.8 Å². The largest absolute Gasteiger partial charge is 0.481 e. The SMILES string of the molecule is O=C(O)C1CCC1NCC1CC(O)C1. The second kappa shape index (κ2) is 3.87. The van der Waals surface area contributed by atoms with E-state index in [1.165, 1.54) is 0 Å². The first-order chi connectivity index (χ1) is 6.66. The number of carbonyl (C=O) groups is 1. The van der Waals surface area contributed by atoms with Crippen molar-refractivity contribution in [3.05, 3.63) is 0 Å². The Balaban J connectivity index is 1.64. The van der Waals surface area contributed by atoms with Crippen molar-refractivity contribution in [3.8, 4) is 0 Å². The van der Waals surface area contributed by atoms with Crippen LogP contribution in [0.3, 0.4) is 0 Å². The fourth-order valence-corrected chi connectivity index (χ4v) is 2.23. The van der Waals surface area contributed by atoms with Crippen LogP contribution in [0.2, 0.25) is 0 Å². The lowest BCUT2D eigenvalue weighted by Crippen LogP contribution is -2.50. The molecule has 0 radical (unpaired) electrons. The van der Waals surface area contributed by atoms with Crippen LogP contribution in [0.1, 0.15) is 25.7 Å². The van der Waals surface area contributed by atoms with Crippen LogP contribution < -0.4 is 5.32 Å². The molecule has 2 fully saturated rings. The molecule has 80 valence electrons. The zero-order valence-corrected chi connectivity index (χ0v) is 8.15. The number of hydrogen-bond donors (Lipinski definition) is 3. The Bertz CT molecular complexity index is 225. The van der Waals surface area contributed by atoms with Gasteiger partial charge >= 0.3 is 5.97 Å². The highest BCUT2D eigenvalue weighted by Gasteiger charge is 2.37. The molecule has 3 N–H and O–H groups in total. The number of rotatable bonds is 4. The van der Waals surface area contributed by atoms with E-state index in [1.807, 2.05) is 0 Å². The van der Waals surface area contributed by atoms with E-state index >= 15 is 0 Å². The van der Waals surface area contributed by atoms with Crippen molar-refractivity contribution in [3.63, 3.8) is 0 Å². The van der Waals surface area contributed by atoms with Gasteiger partial charge in [0.25, 0.3) is 0 Å². The van der Waals surface area contributed by atoms with E-state index in [-0.39, 0.29) is 18.1 Å². The predicted molar refractivity (Wildman–Crippen MR) is 50.9 cm³/mol. The Kier molecular flexibility index (Phi) is 2.74. The monoisotopic (exact) mass is 199 g/mol. The van der Waals surface area contributed by atoms with Gasteiger partial charge in [0.15, 0.2) is 0 Å². The van der Waals surface area contributed by atoms with Gasteiger partial charge in [-0.1, -0.05) is 0 Å². The molecule has 14 heavy (non-hydrogen) atoms. The van der Waals surface area contributed by atoms with Crippen LogP contribution >= 0.6 is 0 Å². The normalized spacial score (nSPS) is 41.2.